The number of nitrogens with one attached hydrogen (secondary N) is 2. The summed E-state index contributed by atoms with van der Waals surface area (Å²) >= 11 is 30.8. The van der Waals surface area contributed by atoms with Crippen molar-refractivity contribution in [1.29, 1.82) is 0 Å². The van der Waals surface area contributed by atoms with E-state index in [-0.39, 0.29) is 16.3 Å². The SMILES string of the molecule is O=C(Nc1ccc(F)cc1)c1cc(NC(=O)[C@@H]2[C@@H](c3cc(Cl)cc(Cl)c3)C2(Cl)Cl)c(F)cc1Cl. The molecule has 4 nitrogen and oxygen atoms in total. The number of alkyl halides is 2. The molecule has 2 atom stereocenters. The van der Waals surface area contributed by atoms with Gasteiger partial charge in [-0.1, -0.05) is 34.8 Å². The molecule has 1 saturated carbocycles. The zero-order valence-electron chi connectivity index (χ0n) is 16.8. The Kier molecular flexibility index (Phi) is 7.00. The lowest BCUT2D eigenvalue weighted by molar-refractivity contribution is -0.117. The van der Waals surface area contributed by atoms with E-state index in [1.807, 2.05) is 0 Å². The van der Waals surface area contributed by atoms with Crippen LogP contribution < -0.4 is 10.6 Å². The molecule has 0 aliphatic heterocycles. The van der Waals surface area contributed by atoms with E-state index in [1.54, 1.807) is 12.1 Å². The first-order valence-corrected chi connectivity index (χ1v) is 11.6. The van der Waals surface area contributed by atoms with E-state index in [9.17, 15) is 18.4 Å². The molecular formula is C23H13Cl5F2N2O2. The van der Waals surface area contributed by atoms with Crippen molar-refractivity contribution in [3.8, 4) is 0 Å². The van der Waals surface area contributed by atoms with Crippen LogP contribution in [0.5, 0.6) is 0 Å². The Morgan fingerprint density at radius 1 is 0.853 bits per heavy atom. The molecule has 1 aliphatic carbocycles. The van der Waals surface area contributed by atoms with E-state index in [4.69, 9.17) is 58.0 Å². The van der Waals surface area contributed by atoms with E-state index in [0.717, 1.165) is 24.3 Å². The minimum Gasteiger partial charge on any atom is -0.323 e. The second-order valence-electron chi connectivity index (χ2n) is 7.59. The normalized spacial score (nSPS) is 18.3. The summed E-state index contributed by atoms with van der Waals surface area (Å²) in [4.78, 5) is 25.5. The second kappa shape index (κ2) is 9.51. The van der Waals surface area contributed by atoms with Crippen LogP contribution in [0.15, 0.2) is 54.6 Å². The number of rotatable bonds is 5. The average molecular weight is 565 g/mol. The third-order valence-corrected chi connectivity index (χ3v) is 6.93. The maximum Gasteiger partial charge on any atom is 0.257 e. The fraction of sp³-hybridized carbons (Fsp3) is 0.130. The van der Waals surface area contributed by atoms with Gasteiger partial charge in [0.1, 0.15) is 16.0 Å². The van der Waals surface area contributed by atoms with Gasteiger partial charge in [-0.25, -0.2) is 8.78 Å². The van der Waals surface area contributed by atoms with E-state index in [2.05, 4.69) is 10.6 Å². The Balaban J connectivity index is 1.55. The number of hydrogen-bond donors (Lipinski definition) is 2. The number of carbonyl (C=O) groups excluding carboxylic acids is 2. The third-order valence-electron chi connectivity index (χ3n) is 5.24. The van der Waals surface area contributed by atoms with Gasteiger partial charge in [0, 0.05) is 21.7 Å². The molecule has 176 valence electrons. The van der Waals surface area contributed by atoms with E-state index in [0.29, 0.717) is 21.3 Å². The van der Waals surface area contributed by atoms with E-state index in [1.165, 1.54) is 18.2 Å². The molecule has 34 heavy (non-hydrogen) atoms. The standard InChI is InChI=1S/C23H13Cl5F2N2O2/c24-11-5-10(6-12(25)7-11)19-20(23(19,27)28)22(34)32-18-8-15(16(26)9-17(18)30)21(33)31-14-3-1-13(29)2-4-14/h1-9,19-20H,(H,31,33)(H,32,34)/t19-,20+/m1/s1. The first-order valence-electron chi connectivity index (χ1n) is 9.68. The molecule has 1 aliphatic rings. The average Bonchev–Trinajstić information content (AvgIpc) is 3.33. The van der Waals surface area contributed by atoms with Gasteiger partial charge in [0.25, 0.3) is 5.91 Å². The van der Waals surface area contributed by atoms with Crippen LogP contribution in [0, 0.1) is 17.6 Å². The van der Waals surface area contributed by atoms with Gasteiger partial charge in [0.05, 0.1) is 22.2 Å². The quantitative estimate of drug-likeness (QED) is 0.312. The molecule has 2 N–H and O–H groups in total. The van der Waals surface area contributed by atoms with Crippen LogP contribution in [0.2, 0.25) is 15.1 Å². The predicted octanol–water partition coefficient (Wildman–Crippen LogP) is 7.70. The van der Waals surface area contributed by atoms with E-state index >= 15 is 0 Å². The highest BCUT2D eigenvalue weighted by Gasteiger charge is 2.67. The van der Waals surface area contributed by atoms with Crippen LogP contribution in [0.25, 0.3) is 0 Å². The van der Waals surface area contributed by atoms with Gasteiger partial charge in [-0.2, -0.15) is 0 Å². The third kappa shape index (κ3) is 5.11. The molecule has 0 heterocycles. The fourth-order valence-electron chi connectivity index (χ4n) is 3.58. The summed E-state index contributed by atoms with van der Waals surface area (Å²) in [6.45, 7) is 0. The summed E-state index contributed by atoms with van der Waals surface area (Å²) in [7, 11) is 0. The summed E-state index contributed by atoms with van der Waals surface area (Å²) < 4.78 is 26.2. The Morgan fingerprint density at radius 2 is 1.47 bits per heavy atom. The molecule has 4 rings (SSSR count). The molecule has 1 fully saturated rings. The number of anilines is 2. The predicted molar refractivity (Wildman–Crippen MR) is 132 cm³/mol. The zero-order chi connectivity index (χ0) is 24.8. The molecule has 0 spiro atoms. The molecule has 3 aromatic carbocycles. The molecule has 0 unspecified atom stereocenters. The topological polar surface area (TPSA) is 58.2 Å². The Morgan fingerprint density at radius 3 is 2.09 bits per heavy atom. The highest BCUT2D eigenvalue weighted by atomic mass is 35.5. The first kappa shape index (κ1) is 25.0. The molecular weight excluding hydrogens is 552 g/mol. The Bertz CT molecular complexity index is 1280. The van der Waals surface area contributed by atoms with Gasteiger partial charge in [-0.15, -0.1) is 23.2 Å². The van der Waals surface area contributed by atoms with Crippen molar-refractivity contribution in [2.45, 2.75) is 10.3 Å². The Labute approximate surface area is 218 Å². The van der Waals surface area contributed by atoms with Gasteiger partial charge in [-0.3, -0.25) is 9.59 Å². The van der Waals surface area contributed by atoms with Crippen molar-refractivity contribution >= 4 is 81.2 Å². The van der Waals surface area contributed by atoms with Gasteiger partial charge in [0.2, 0.25) is 5.91 Å². The molecule has 3 aromatic rings. The fourth-order valence-corrected chi connectivity index (χ4v) is 5.19. The monoisotopic (exact) mass is 562 g/mol. The minimum atomic E-state index is -1.47. The summed E-state index contributed by atoms with van der Waals surface area (Å²) in [6.07, 6.45) is 0. The first-order chi connectivity index (χ1) is 16.0. The van der Waals surface area contributed by atoms with Crippen LogP contribution in [0.1, 0.15) is 21.8 Å². The second-order valence-corrected chi connectivity index (χ2v) is 10.3. The summed E-state index contributed by atoms with van der Waals surface area (Å²) in [6, 6.07) is 11.7. The highest BCUT2D eigenvalue weighted by Crippen LogP contribution is 2.65. The molecule has 0 saturated heterocycles. The largest absolute Gasteiger partial charge is 0.323 e. The molecule has 0 bridgehead atoms. The van der Waals surface area contributed by atoms with Crippen molar-refractivity contribution in [2.75, 3.05) is 10.6 Å². The smallest absolute Gasteiger partial charge is 0.257 e. The van der Waals surface area contributed by atoms with Gasteiger partial charge < -0.3 is 10.6 Å². The maximum absolute atomic E-state index is 14.6. The Hall–Kier alpha value is -2.09. The maximum atomic E-state index is 14.6. The van der Waals surface area contributed by atoms with Gasteiger partial charge in [0.15, 0.2) is 0 Å². The lowest BCUT2D eigenvalue weighted by atomic mass is 10.1. The van der Waals surface area contributed by atoms with Crippen molar-refractivity contribution < 1.29 is 18.4 Å². The van der Waals surface area contributed by atoms with E-state index < -0.39 is 39.6 Å². The molecule has 0 radical (unpaired) electrons. The number of benzene rings is 3. The number of hydrogen-bond acceptors (Lipinski definition) is 2. The van der Waals surface area contributed by atoms with Crippen LogP contribution in [0.4, 0.5) is 20.2 Å². The van der Waals surface area contributed by atoms with Crippen LogP contribution in [0.3, 0.4) is 0 Å². The highest BCUT2D eigenvalue weighted by molar-refractivity contribution is 6.53. The molecule has 2 amide bonds. The zero-order valence-corrected chi connectivity index (χ0v) is 20.6. The van der Waals surface area contributed by atoms with Gasteiger partial charge in [-0.05, 0) is 60.2 Å². The molecule has 11 heteroatoms. The summed E-state index contributed by atoms with van der Waals surface area (Å²) in [5.74, 6) is -4.27. The summed E-state index contributed by atoms with van der Waals surface area (Å²) in [5.41, 5.74) is 0.447. The number of halogens is 7. The van der Waals surface area contributed by atoms with Crippen LogP contribution >= 0.6 is 58.0 Å². The van der Waals surface area contributed by atoms with Gasteiger partial charge >= 0.3 is 0 Å². The van der Waals surface area contributed by atoms with Crippen molar-refractivity contribution in [1.82, 2.24) is 0 Å². The lowest BCUT2D eigenvalue weighted by Crippen LogP contribution is -2.19. The minimum absolute atomic E-state index is 0.111. The van der Waals surface area contributed by atoms with Crippen LogP contribution in [-0.4, -0.2) is 16.1 Å². The van der Waals surface area contributed by atoms with Crippen molar-refractivity contribution in [3.05, 3.63) is 92.4 Å². The number of amides is 2. The van der Waals surface area contributed by atoms with Crippen molar-refractivity contribution in [2.24, 2.45) is 5.92 Å². The van der Waals surface area contributed by atoms with Crippen molar-refractivity contribution in [3.63, 3.8) is 0 Å². The lowest BCUT2D eigenvalue weighted by Gasteiger charge is -2.11. The molecule has 0 aromatic heterocycles. The summed E-state index contributed by atoms with van der Waals surface area (Å²) in [5, 5.41) is 5.44. The van der Waals surface area contributed by atoms with Crippen LogP contribution in [-0.2, 0) is 4.79 Å². The number of carbonyl (C=O) groups is 2.